The average molecular weight is 341 g/mol. The van der Waals surface area contributed by atoms with Crippen LogP contribution < -0.4 is 10.5 Å². The second-order valence-corrected chi connectivity index (χ2v) is 7.34. The molecule has 9 heteroatoms. The van der Waals surface area contributed by atoms with Gasteiger partial charge in [0.15, 0.2) is 0 Å². The van der Waals surface area contributed by atoms with E-state index in [0.717, 1.165) is 0 Å². The van der Waals surface area contributed by atoms with E-state index >= 15 is 0 Å². The van der Waals surface area contributed by atoms with Gasteiger partial charge in [0.25, 0.3) is 0 Å². The van der Waals surface area contributed by atoms with Crippen LogP contribution in [-0.2, 0) is 10.0 Å². The summed E-state index contributed by atoms with van der Waals surface area (Å²) in [5.74, 6) is -0.313. The van der Waals surface area contributed by atoms with Gasteiger partial charge in [0, 0.05) is 18.5 Å². The summed E-state index contributed by atoms with van der Waals surface area (Å²) in [6.45, 7) is 5.61. The molecule has 0 rings (SSSR count). The number of alkyl halides is 3. The van der Waals surface area contributed by atoms with E-state index in [0.29, 0.717) is 6.42 Å². The summed E-state index contributed by atoms with van der Waals surface area (Å²) in [4.78, 5) is 0. The Balaban J connectivity index is 0. The van der Waals surface area contributed by atoms with Crippen LogP contribution in [-0.4, -0.2) is 32.4 Å². The zero-order chi connectivity index (χ0) is 15.3. The largest absolute Gasteiger partial charge is 0.389 e. The number of halogens is 4. The molecule has 0 fully saturated rings. The van der Waals surface area contributed by atoms with Crippen LogP contribution in [0.5, 0.6) is 0 Å². The lowest BCUT2D eigenvalue weighted by Crippen LogP contribution is -2.52. The van der Waals surface area contributed by atoms with Crippen LogP contribution in [0.2, 0.25) is 0 Å². The van der Waals surface area contributed by atoms with Crippen molar-refractivity contribution in [2.45, 2.75) is 51.7 Å². The monoisotopic (exact) mass is 340 g/mol. The predicted octanol–water partition coefficient (Wildman–Crippen LogP) is 2.43. The number of nitrogens with two attached hydrogens (primary N) is 1. The molecule has 1 atom stereocenters. The Morgan fingerprint density at radius 3 is 2.10 bits per heavy atom. The Kier molecular flexibility index (Phi) is 9.35. The lowest BCUT2D eigenvalue weighted by molar-refractivity contribution is -0.134. The summed E-state index contributed by atoms with van der Waals surface area (Å²) in [5.41, 5.74) is 4.74. The van der Waals surface area contributed by atoms with E-state index in [1.54, 1.807) is 6.92 Å². The molecule has 4 nitrogen and oxygen atoms in total. The Bertz CT molecular complexity index is 374. The summed E-state index contributed by atoms with van der Waals surface area (Å²) in [6, 6.07) is 0. The molecule has 3 N–H and O–H groups in total. The fraction of sp³-hybridized carbons (Fsp3) is 1.00. The third-order valence-corrected chi connectivity index (χ3v) is 4.21. The third kappa shape index (κ3) is 10.7. The number of hydrogen-bond donors (Lipinski definition) is 2. The molecule has 0 bridgehead atoms. The van der Waals surface area contributed by atoms with E-state index in [1.165, 1.54) is 0 Å². The Hall–Kier alpha value is -0.0500. The summed E-state index contributed by atoms with van der Waals surface area (Å²) < 4.78 is 61.8. The molecule has 20 heavy (non-hydrogen) atoms. The van der Waals surface area contributed by atoms with Crippen molar-refractivity contribution in [1.29, 1.82) is 0 Å². The van der Waals surface area contributed by atoms with Gasteiger partial charge >= 0.3 is 6.18 Å². The van der Waals surface area contributed by atoms with Crippen molar-refractivity contribution in [2.24, 2.45) is 11.7 Å². The van der Waals surface area contributed by atoms with Gasteiger partial charge < -0.3 is 5.73 Å². The van der Waals surface area contributed by atoms with Crippen LogP contribution >= 0.6 is 12.4 Å². The summed E-state index contributed by atoms with van der Waals surface area (Å²) in [6.07, 6.45) is -5.34. The number of nitrogens with one attached hydrogen (secondary N) is 1. The average Bonchev–Trinajstić information content (AvgIpc) is 2.12. The molecule has 0 aromatic carbocycles. The van der Waals surface area contributed by atoms with Crippen molar-refractivity contribution in [3.8, 4) is 0 Å². The normalized spacial score (nSPS) is 15.8. The van der Waals surface area contributed by atoms with Gasteiger partial charge in [0.2, 0.25) is 10.0 Å². The SMILES string of the molecule is CC(C)CC(C)(CN)NS(=O)(=O)CCCC(F)(F)F.Cl. The Morgan fingerprint density at radius 1 is 1.25 bits per heavy atom. The van der Waals surface area contributed by atoms with E-state index in [-0.39, 0.29) is 24.9 Å². The summed E-state index contributed by atoms with van der Waals surface area (Å²) >= 11 is 0. The van der Waals surface area contributed by atoms with Gasteiger partial charge in [0.05, 0.1) is 5.75 Å². The lowest BCUT2D eigenvalue weighted by Gasteiger charge is -2.30. The van der Waals surface area contributed by atoms with Crippen LogP contribution in [0.3, 0.4) is 0 Å². The number of rotatable bonds is 8. The zero-order valence-corrected chi connectivity index (χ0v) is 13.6. The van der Waals surface area contributed by atoms with Crippen LogP contribution in [0.15, 0.2) is 0 Å². The third-order valence-electron chi connectivity index (χ3n) is 2.58. The molecule has 0 aliphatic carbocycles. The van der Waals surface area contributed by atoms with E-state index in [4.69, 9.17) is 5.73 Å². The molecule has 124 valence electrons. The molecule has 0 aliphatic rings. The maximum atomic E-state index is 12.0. The Labute approximate surface area is 125 Å². The molecule has 1 unspecified atom stereocenters. The highest BCUT2D eigenvalue weighted by molar-refractivity contribution is 7.89. The second-order valence-electron chi connectivity index (χ2n) is 5.50. The van der Waals surface area contributed by atoms with Gasteiger partial charge in [-0.05, 0) is 25.7 Å². The van der Waals surface area contributed by atoms with Crippen molar-refractivity contribution in [3.05, 3.63) is 0 Å². The van der Waals surface area contributed by atoms with Gasteiger partial charge in [-0.1, -0.05) is 13.8 Å². The quantitative estimate of drug-likeness (QED) is 0.712. The summed E-state index contributed by atoms with van der Waals surface area (Å²) in [5, 5.41) is 0. The zero-order valence-electron chi connectivity index (χ0n) is 12.0. The topological polar surface area (TPSA) is 72.2 Å². The highest BCUT2D eigenvalue weighted by atomic mass is 35.5. The van der Waals surface area contributed by atoms with Crippen LogP contribution in [0, 0.1) is 5.92 Å². The first-order valence-corrected chi connectivity index (χ1v) is 7.83. The standard InChI is InChI=1S/C11H23F3N2O2S.ClH/c1-9(2)7-10(3,8-15)16-19(17,18)6-4-5-11(12,13)14;/h9,16H,4-8,15H2,1-3H3;1H. The number of sulfonamides is 1. The molecule has 0 amide bonds. The smallest absolute Gasteiger partial charge is 0.329 e. The fourth-order valence-corrected chi connectivity index (χ4v) is 3.50. The van der Waals surface area contributed by atoms with Crippen molar-refractivity contribution < 1.29 is 21.6 Å². The molecule has 0 radical (unpaired) electrons. The van der Waals surface area contributed by atoms with Crippen molar-refractivity contribution >= 4 is 22.4 Å². The first-order valence-electron chi connectivity index (χ1n) is 6.17. The van der Waals surface area contributed by atoms with Gasteiger partial charge in [-0.2, -0.15) is 13.2 Å². The van der Waals surface area contributed by atoms with E-state index < -0.39 is 40.3 Å². The van der Waals surface area contributed by atoms with Crippen molar-refractivity contribution in [2.75, 3.05) is 12.3 Å². The molecule has 0 aromatic rings. The molecule has 0 saturated heterocycles. The first-order chi connectivity index (χ1) is 8.39. The lowest BCUT2D eigenvalue weighted by atomic mass is 9.92. The summed E-state index contributed by atoms with van der Waals surface area (Å²) in [7, 11) is -3.75. The molecule has 0 spiro atoms. The van der Waals surface area contributed by atoms with E-state index in [9.17, 15) is 21.6 Å². The molecule has 0 aliphatic heterocycles. The first kappa shape index (κ1) is 22.2. The minimum atomic E-state index is -4.33. The van der Waals surface area contributed by atoms with Crippen molar-refractivity contribution in [1.82, 2.24) is 4.72 Å². The highest BCUT2D eigenvalue weighted by Gasteiger charge is 2.31. The van der Waals surface area contributed by atoms with E-state index in [2.05, 4.69) is 4.72 Å². The van der Waals surface area contributed by atoms with Crippen LogP contribution in [0.1, 0.15) is 40.0 Å². The maximum Gasteiger partial charge on any atom is 0.389 e. The van der Waals surface area contributed by atoms with Crippen LogP contribution in [0.4, 0.5) is 13.2 Å². The highest BCUT2D eigenvalue weighted by Crippen LogP contribution is 2.22. The van der Waals surface area contributed by atoms with Crippen molar-refractivity contribution in [3.63, 3.8) is 0 Å². The van der Waals surface area contributed by atoms with Gasteiger partial charge in [-0.15, -0.1) is 12.4 Å². The van der Waals surface area contributed by atoms with E-state index in [1.807, 2.05) is 13.8 Å². The predicted molar refractivity (Wildman–Crippen MR) is 76.4 cm³/mol. The van der Waals surface area contributed by atoms with Gasteiger partial charge in [-0.25, -0.2) is 13.1 Å². The Morgan fingerprint density at radius 2 is 1.75 bits per heavy atom. The minimum absolute atomic E-state index is 0. The second kappa shape index (κ2) is 8.41. The fourth-order valence-electron chi connectivity index (χ4n) is 1.96. The van der Waals surface area contributed by atoms with Gasteiger partial charge in [0.1, 0.15) is 0 Å². The molecular formula is C11H24ClF3N2O2S. The molecule has 0 heterocycles. The minimum Gasteiger partial charge on any atom is -0.329 e. The van der Waals surface area contributed by atoms with Crippen LogP contribution in [0.25, 0.3) is 0 Å². The molecular weight excluding hydrogens is 317 g/mol. The molecule has 0 aromatic heterocycles. The maximum absolute atomic E-state index is 12.0. The van der Waals surface area contributed by atoms with Gasteiger partial charge in [-0.3, -0.25) is 0 Å². The number of hydrogen-bond acceptors (Lipinski definition) is 3. The molecule has 0 saturated carbocycles.